The first kappa shape index (κ1) is 11.3. The van der Waals surface area contributed by atoms with E-state index in [1.54, 1.807) is 0 Å². The van der Waals surface area contributed by atoms with Gasteiger partial charge in [0.25, 0.3) is 0 Å². The minimum atomic E-state index is 0.469. The van der Waals surface area contributed by atoms with Gasteiger partial charge in [-0.05, 0) is 43.4 Å². The fourth-order valence-corrected chi connectivity index (χ4v) is 2.24. The average Bonchev–Trinajstić information content (AvgIpc) is 2.93. The minimum absolute atomic E-state index is 0.469. The quantitative estimate of drug-likeness (QED) is 0.888. The molecule has 1 atom stereocenters. The van der Waals surface area contributed by atoms with Gasteiger partial charge in [-0.1, -0.05) is 19.1 Å². The summed E-state index contributed by atoms with van der Waals surface area (Å²) in [5.74, 6) is 0. The van der Waals surface area contributed by atoms with Gasteiger partial charge < -0.3 is 5.32 Å². The molecule has 0 saturated heterocycles. The Hall–Kier alpha value is -1.77. The Kier molecular flexibility index (Phi) is 2.62. The van der Waals surface area contributed by atoms with Crippen molar-refractivity contribution in [1.29, 1.82) is 0 Å². The van der Waals surface area contributed by atoms with E-state index < -0.39 is 0 Å². The molecule has 1 aliphatic carbocycles. The van der Waals surface area contributed by atoms with Gasteiger partial charge in [0.05, 0.1) is 11.4 Å². The van der Waals surface area contributed by atoms with Crippen molar-refractivity contribution in [3.8, 4) is 5.69 Å². The maximum Gasteiger partial charge on any atom is 0.0876 e. The monoisotopic (exact) mass is 241 g/mol. The Balaban J connectivity index is 1.88. The highest BCUT2D eigenvalue weighted by Gasteiger charge is 2.42. The molecule has 3 rings (SSSR count). The minimum Gasteiger partial charge on any atom is -0.380 e. The Bertz CT molecular complexity index is 526. The lowest BCUT2D eigenvalue weighted by Crippen LogP contribution is -2.25. The zero-order valence-corrected chi connectivity index (χ0v) is 10.9. The summed E-state index contributed by atoms with van der Waals surface area (Å²) in [6, 6.07) is 10.8. The maximum atomic E-state index is 4.31. The number of aromatic nitrogens is 2. The molecule has 3 nitrogen and oxygen atoms in total. The van der Waals surface area contributed by atoms with Crippen LogP contribution in [0.15, 0.2) is 42.7 Å². The van der Waals surface area contributed by atoms with Crippen LogP contribution < -0.4 is 5.32 Å². The molecule has 0 spiro atoms. The third-order valence-corrected chi connectivity index (χ3v) is 4.11. The van der Waals surface area contributed by atoms with Crippen LogP contribution in [-0.2, 0) is 0 Å². The molecule has 1 N–H and O–H groups in total. The van der Waals surface area contributed by atoms with Crippen molar-refractivity contribution in [1.82, 2.24) is 9.78 Å². The third kappa shape index (κ3) is 2.01. The summed E-state index contributed by atoms with van der Waals surface area (Å²) in [4.78, 5) is 0. The molecule has 1 saturated carbocycles. The van der Waals surface area contributed by atoms with Gasteiger partial charge in [-0.25, -0.2) is 4.68 Å². The molecule has 1 unspecified atom stereocenters. The molecule has 3 heteroatoms. The number of hydrogen-bond acceptors (Lipinski definition) is 2. The van der Waals surface area contributed by atoms with Gasteiger partial charge in [0.15, 0.2) is 0 Å². The number of para-hydroxylation sites is 2. The zero-order valence-electron chi connectivity index (χ0n) is 10.9. The van der Waals surface area contributed by atoms with Crippen molar-refractivity contribution in [2.45, 2.75) is 32.7 Å². The highest BCUT2D eigenvalue weighted by molar-refractivity contribution is 5.61. The average molecular weight is 241 g/mol. The van der Waals surface area contributed by atoms with Crippen LogP contribution in [0.1, 0.15) is 26.7 Å². The van der Waals surface area contributed by atoms with Crippen LogP contribution in [0.25, 0.3) is 5.69 Å². The summed E-state index contributed by atoms with van der Waals surface area (Å²) in [6.07, 6.45) is 6.43. The molecule has 0 bridgehead atoms. The van der Waals surface area contributed by atoms with Crippen molar-refractivity contribution in [2.24, 2.45) is 5.41 Å². The summed E-state index contributed by atoms with van der Waals surface area (Å²) in [6.45, 7) is 4.62. The molecule has 0 radical (unpaired) electrons. The molecule has 1 heterocycles. The lowest BCUT2D eigenvalue weighted by Gasteiger charge is -2.23. The van der Waals surface area contributed by atoms with Crippen molar-refractivity contribution in [3.63, 3.8) is 0 Å². The van der Waals surface area contributed by atoms with Gasteiger partial charge in [0.1, 0.15) is 0 Å². The molecule has 0 aliphatic heterocycles. The number of nitrogens with one attached hydrogen (secondary N) is 1. The third-order valence-electron chi connectivity index (χ3n) is 4.11. The second kappa shape index (κ2) is 4.16. The molecule has 1 fully saturated rings. The van der Waals surface area contributed by atoms with Crippen molar-refractivity contribution in [3.05, 3.63) is 42.7 Å². The molecule has 0 amide bonds. The van der Waals surface area contributed by atoms with Gasteiger partial charge in [-0.2, -0.15) is 5.10 Å². The van der Waals surface area contributed by atoms with Gasteiger partial charge in [0, 0.05) is 18.4 Å². The van der Waals surface area contributed by atoms with Gasteiger partial charge >= 0.3 is 0 Å². The smallest absolute Gasteiger partial charge is 0.0876 e. The van der Waals surface area contributed by atoms with E-state index in [0.29, 0.717) is 11.5 Å². The fraction of sp³-hybridized carbons (Fsp3) is 0.400. The first-order valence-electron chi connectivity index (χ1n) is 6.55. The maximum absolute atomic E-state index is 4.31. The highest BCUT2D eigenvalue weighted by Crippen LogP contribution is 2.49. The molecular weight excluding hydrogens is 222 g/mol. The number of nitrogens with zero attached hydrogens (tertiary/aromatic N) is 2. The van der Waals surface area contributed by atoms with E-state index >= 15 is 0 Å². The van der Waals surface area contributed by atoms with E-state index in [-0.39, 0.29) is 0 Å². The van der Waals surface area contributed by atoms with E-state index in [1.165, 1.54) is 12.8 Å². The van der Waals surface area contributed by atoms with Crippen LogP contribution in [-0.4, -0.2) is 15.8 Å². The zero-order chi connectivity index (χ0) is 12.6. The second-order valence-corrected chi connectivity index (χ2v) is 5.49. The molecular formula is C15H19N3. The molecule has 1 aliphatic rings. The molecule has 18 heavy (non-hydrogen) atoms. The second-order valence-electron chi connectivity index (χ2n) is 5.49. The SMILES string of the molecule is CC(Nc1ccccc1-n1cccn1)C1(C)CC1. The van der Waals surface area contributed by atoms with Crippen LogP contribution in [0.4, 0.5) is 5.69 Å². The van der Waals surface area contributed by atoms with E-state index in [2.05, 4.69) is 42.5 Å². The summed E-state index contributed by atoms with van der Waals surface area (Å²) >= 11 is 0. The number of anilines is 1. The van der Waals surface area contributed by atoms with E-state index in [1.807, 2.05) is 29.2 Å². The molecule has 1 aromatic heterocycles. The predicted octanol–water partition coefficient (Wildman–Crippen LogP) is 3.47. The molecule has 94 valence electrons. The molecule has 2 aromatic rings. The van der Waals surface area contributed by atoms with Crippen LogP contribution in [0.2, 0.25) is 0 Å². The fourth-order valence-electron chi connectivity index (χ4n) is 2.24. The number of benzene rings is 1. The topological polar surface area (TPSA) is 29.9 Å². The Morgan fingerprint density at radius 1 is 1.28 bits per heavy atom. The van der Waals surface area contributed by atoms with Crippen LogP contribution in [0.5, 0.6) is 0 Å². The van der Waals surface area contributed by atoms with Gasteiger partial charge in [-0.15, -0.1) is 0 Å². The number of rotatable bonds is 4. The van der Waals surface area contributed by atoms with E-state index in [9.17, 15) is 0 Å². The van der Waals surface area contributed by atoms with Crippen LogP contribution >= 0.6 is 0 Å². The van der Waals surface area contributed by atoms with E-state index in [4.69, 9.17) is 0 Å². The van der Waals surface area contributed by atoms with Crippen molar-refractivity contribution < 1.29 is 0 Å². The highest BCUT2D eigenvalue weighted by atomic mass is 15.3. The largest absolute Gasteiger partial charge is 0.380 e. The summed E-state index contributed by atoms with van der Waals surface area (Å²) in [5, 5.41) is 7.95. The Labute approximate surface area is 108 Å². The lowest BCUT2D eigenvalue weighted by atomic mass is 10.0. The normalized spacial score (nSPS) is 18.3. The lowest BCUT2D eigenvalue weighted by molar-refractivity contribution is 0.493. The van der Waals surface area contributed by atoms with Gasteiger partial charge in [-0.3, -0.25) is 0 Å². The standard InChI is InChI=1S/C15H19N3/c1-12(15(2)8-9-15)17-13-6-3-4-7-14(13)18-11-5-10-16-18/h3-7,10-12,17H,8-9H2,1-2H3. The summed E-state index contributed by atoms with van der Waals surface area (Å²) in [7, 11) is 0. The van der Waals surface area contributed by atoms with Crippen LogP contribution in [0, 0.1) is 5.41 Å². The van der Waals surface area contributed by atoms with Gasteiger partial charge in [0.2, 0.25) is 0 Å². The predicted molar refractivity (Wildman–Crippen MR) is 74.0 cm³/mol. The van der Waals surface area contributed by atoms with Crippen molar-refractivity contribution >= 4 is 5.69 Å². The molecule has 1 aromatic carbocycles. The number of hydrogen-bond donors (Lipinski definition) is 1. The first-order valence-corrected chi connectivity index (χ1v) is 6.55. The Morgan fingerprint density at radius 2 is 2.06 bits per heavy atom. The first-order chi connectivity index (χ1) is 8.69. The van der Waals surface area contributed by atoms with Crippen molar-refractivity contribution in [2.75, 3.05) is 5.32 Å². The summed E-state index contributed by atoms with van der Waals surface area (Å²) < 4.78 is 1.91. The van der Waals surface area contributed by atoms with Crippen LogP contribution in [0.3, 0.4) is 0 Å². The summed E-state index contributed by atoms with van der Waals surface area (Å²) in [5.41, 5.74) is 2.73. The van der Waals surface area contributed by atoms with E-state index in [0.717, 1.165) is 11.4 Å². The Morgan fingerprint density at radius 3 is 2.72 bits per heavy atom.